The Bertz CT molecular complexity index is 1250. The number of piperazine rings is 1. The van der Waals surface area contributed by atoms with E-state index in [1.807, 2.05) is 11.8 Å². The van der Waals surface area contributed by atoms with Gasteiger partial charge < -0.3 is 15.2 Å². The van der Waals surface area contributed by atoms with E-state index in [1.165, 1.54) is 11.6 Å². The second-order valence-corrected chi connectivity index (χ2v) is 9.85. The highest BCUT2D eigenvalue weighted by atomic mass is 16.2. The number of nitrogens with one attached hydrogen (secondary N) is 2. The first-order chi connectivity index (χ1) is 17.3. The minimum Gasteiger partial charge on any atom is -0.348 e. The van der Waals surface area contributed by atoms with E-state index in [0.717, 1.165) is 38.2 Å². The second-order valence-electron chi connectivity index (χ2n) is 9.85. The summed E-state index contributed by atoms with van der Waals surface area (Å²) < 4.78 is 1.60. The van der Waals surface area contributed by atoms with Crippen LogP contribution in [0.5, 0.6) is 0 Å². The van der Waals surface area contributed by atoms with Gasteiger partial charge in [0, 0.05) is 38.8 Å². The molecule has 0 bridgehead atoms. The maximum Gasteiger partial charge on any atom is 0.327 e. The largest absolute Gasteiger partial charge is 0.348 e. The maximum absolute atomic E-state index is 12.0. The van der Waals surface area contributed by atoms with Gasteiger partial charge in [0.1, 0.15) is 5.52 Å². The number of aryl methyl sites for hydroxylation is 1. The molecule has 1 saturated heterocycles. The Kier molecular flexibility index (Phi) is 7.88. The van der Waals surface area contributed by atoms with Gasteiger partial charge >= 0.3 is 5.69 Å². The molecule has 2 N–H and O–H groups in total. The number of imidazole rings is 1. The normalized spacial score (nSPS) is 16.3. The molecule has 9 nitrogen and oxygen atoms in total. The lowest BCUT2D eigenvalue weighted by atomic mass is 9.93. The average Bonchev–Trinajstić information content (AvgIpc) is 3.21. The standard InChI is InChI=1S/C27H37N7O2/c1-6-24(35)33-14-12-32(13-15-33)23(16-18(3)4)21-10-8-20(9-11-21)19(5)29-26-28-17-22-25(31-26)34(7-2)27(36)30-22/h6,8-11,17-19,23H,1,7,12-16H2,2-5H3,(H,30,36)(H,28,29,31)/t19-,23?/m0/s1. The molecule has 3 aromatic rings. The minimum absolute atomic E-state index is 0.00532. The molecule has 36 heavy (non-hydrogen) atoms. The van der Waals surface area contributed by atoms with Crippen molar-refractivity contribution in [2.24, 2.45) is 5.92 Å². The Morgan fingerprint density at radius 3 is 2.42 bits per heavy atom. The molecule has 0 aliphatic carbocycles. The molecule has 9 heteroatoms. The molecule has 2 aromatic heterocycles. The van der Waals surface area contributed by atoms with Crippen LogP contribution in [0.3, 0.4) is 0 Å². The predicted octanol–water partition coefficient (Wildman–Crippen LogP) is 3.73. The summed E-state index contributed by atoms with van der Waals surface area (Å²) in [5, 5.41) is 3.37. The molecule has 1 aliphatic heterocycles. The lowest BCUT2D eigenvalue weighted by Gasteiger charge is -2.40. The SMILES string of the molecule is C=CC(=O)N1CCN(C(CC(C)C)c2ccc([C@H](C)Nc3ncc4[nH]c(=O)n(CC)c4n3)cc2)CC1. The van der Waals surface area contributed by atoms with Crippen LogP contribution in [0.1, 0.15) is 57.3 Å². The van der Waals surface area contributed by atoms with E-state index in [-0.39, 0.29) is 17.6 Å². The Morgan fingerprint density at radius 1 is 1.14 bits per heavy atom. The van der Waals surface area contributed by atoms with E-state index in [2.05, 4.69) is 76.8 Å². The van der Waals surface area contributed by atoms with Crippen molar-refractivity contribution in [3.05, 3.63) is 64.7 Å². The van der Waals surface area contributed by atoms with E-state index in [9.17, 15) is 9.59 Å². The van der Waals surface area contributed by atoms with Crippen LogP contribution in [0.2, 0.25) is 0 Å². The number of fused-ring (bicyclic) bond motifs is 1. The van der Waals surface area contributed by atoms with Gasteiger partial charge in [-0.3, -0.25) is 14.3 Å². The molecule has 3 heterocycles. The molecule has 1 aliphatic rings. The monoisotopic (exact) mass is 491 g/mol. The van der Waals surface area contributed by atoms with Crippen LogP contribution in [0, 0.1) is 5.92 Å². The van der Waals surface area contributed by atoms with Crippen molar-refractivity contribution in [1.29, 1.82) is 0 Å². The molecule has 1 aromatic carbocycles. The number of benzene rings is 1. The molecule has 0 spiro atoms. The molecule has 1 unspecified atom stereocenters. The van der Waals surface area contributed by atoms with E-state index in [0.29, 0.717) is 35.6 Å². The van der Waals surface area contributed by atoms with Crippen LogP contribution < -0.4 is 11.0 Å². The Labute approximate surface area is 212 Å². The fraction of sp³-hybridized carbons (Fsp3) is 0.481. The highest BCUT2D eigenvalue weighted by Gasteiger charge is 2.27. The maximum atomic E-state index is 12.0. The van der Waals surface area contributed by atoms with Crippen LogP contribution in [0.25, 0.3) is 11.2 Å². The van der Waals surface area contributed by atoms with E-state index in [1.54, 1.807) is 10.8 Å². The Hall–Kier alpha value is -3.46. The number of hydrogen-bond donors (Lipinski definition) is 2. The van der Waals surface area contributed by atoms with E-state index < -0.39 is 0 Å². The van der Waals surface area contributed by atoms with Crippen LogP contribution in [-0.4, -0.2) is 61.4 Å². The number of aromatic amines is 1. The number of aromatic nitrogens is 4. The summed E-state index contributed by atoms with van der Waals surface area (Å²) in [5.41, 5.74) is 3.49. The first kappa shape index (κ1) is 25.6. The van der Waals surface area contributed by atoms with Crippen molar-refractivity contribution >= 4 is 23.0 Å². The molecule has 0 radical (unpaired) electrons. The van der Waals surface area contributed by atoms with Crippen molar-refractivity contribution in [3.63, 3.8) is 0 Å². The van der Waals surface area contributed by atoms with E-state index >= 15 is 0 Å². The molecule has 0 saturated carbocycles. The molecule has 1 fully saturated rings. The summed E-state index contributed by atoms with van der Waals surface area (Å²) >= 11 is 0. The van der Waals surface area contributed by atoms with Crippen molar-refractivity contribution in [3.8, 4) is 0 Å². The van der Waals surface area contributed by atoms with Crippen molar-refractivity contribution in [2.75, 3.05) is 31.5 Å². The summed E-state index contributed by atoms with van der Waals surface area (Å²) in [6, 6.07) is 9.06. The number of anilines is 1. The molecule has 2 atom stereocenters. The fourth-order valence-corrected chi connectivity index (χ4v) is 4.92. The zero-order valence-electron chi connectivity index (χ0n) is 21.7. The van der Waals surface area contributed by atoms with Crippen LogP contribution in [0.15, 0.2) is 47.9 Å². The van der Waals surface area contributed by atoms with Crippen molar-refractivity contribution < 1.29 is 4.79 Å². The third kappa shape index (κ3) is 5.51. The highest BCUT2D eigenvalue weighted by molar-refractivity contribution is 5.87. The number of amides is 1. The molecular formula is C27H37N7O2. The van der Waals surface area contributed by atoms with Crippen LogP contribution in [-0.2, 0) is 11.3 Å². The highest BCUT2D eigenvalue weighted by Crippen LogP contribution is 2.30. The zero-order valence-corrected chi connectivity index (χ0v) is 21.7. The molecule has 1 amide bonds. The summed E-state index contributed by atoms with van der Waals surface area (Å²) in [4.78, 5) is 40.1. The van der Waals surface area contributed by atoms with Gasteiger partial charge in [-0.05, 0) is 43.4 Å². The topological polar surface area (TPSA) is 99.2 Å². The van der Waals surface area contributed by atoms with E-state index in [4.69, 9.17) is 0 Å². The lowest BCUT2D eigenvalue weighted by Crippen LogP contribution is -2.49. The number of H-pyrrole nitrogens is 1. The molecule has 192 valence electrons. The average molecular weight is 492 g/mol. The quantitative estimate of drug-likeness (QED) is 0.443. The van der Waals surface area contributed by atoms with Gasteiger partial charge in [0.25, 0.3) is 0 Å². The number of nitrogens with zero attached hydrogens (tertiary/aromatic N) is 5. The van der Waals surface area contributed by atoms with Gasteiger partial charge in [-0.2, -0.15) is 4.98 Å². The molecular weight excluding hydrogens is 454 g/mol. The summed E-state index contributed by atoms with van der Waals surface area (Å²) in [6.07, 6.45) is 4.11. The number of rotatable bonds is 9. The van der Waals surface area contributed by atoms with Gasteiger partial charge in [0.15, 0.2) is 5.65 Å². The van der Waals surface area contributed by atoms with Gasteiger partial charge in [0.05, 0.1) is 12.2 Å². The Morgan fingerprint density at radius 2 is 1.81 bits per heavy atom. The van der Waals surface area contributed by atoms with Gasteiger partial charge in [-0.15, -0.1) is 0 Å². The lowest BCUT2D eigenvalue weighted by molar-refractivity contribution is -0.128. The first-order valence-electron chi connectivity index (χ1n) is 12.8. The third-order valence-electron chi connectivity index (χ3n) is 6.93. The summed E-state index contributed by atoms with van der Waals surface area (Å²) in [5.74, 6) is 1.06. The Balaban J connectivity index is 1.47. The second kappa shape index (κ2) is 11.1. The summed E-state index contributed by atoms with van der Waals surface area (Å²) in [7, 11) is 0. The van der Waals surface area contributed by atoms with Crippen LogP contribution in [0.4, 0.5) is 5.95 Å². The van der Waals surface area contributed by atoms with Gasteiger partial charge in [-0.1, -0.05) is 44.7 Å². The smallest absolute Gasteiger partial charge is 0.327 e. The molecule has 4 rings (SSSR count). The predicted molar refractivity (Wildman–Crippen MR) is 143 cm³/mol. The number of carbonyl (C=O) groups is 1. The zero-order chi connectivity index (χ0) is 25.8. The van der Waals surface area contributed by atoms with Gasteiger partial charge in [-0.25, -0.2) is 9.78 Å². The number of hydrogen-bond acceptors (Lipinski definition) is 6. The van der Waals surface area contributed by atoms with Crippen molar-refractivity contribution in [1.82, 2.24) is 29.3 Å². The number of carbonyl (C=O) groups excluding carboxylic acids is 1. The summed E-state index contributed by atoms with van der Waals surface area (Å²) in [6.45, 7) is 15.8. The van der Waals surface area contributed by atoms with Crippen molar-refractivity contribution in [2.45, 2.75) is 52.7 Å². The first-order valence-corrected chi connectivity index (χ1v) is 12.8. The van der Waals surface area contributed by atoms with Gasteiger partial charge in [0.2, 0.25) is 11.9 Å². The van der Waals surface area contributed by atoms with Crippen LogP contribution >= 0.6 is 0 Å². The fourth-order valence-electron chi connectivity index (χ4n) is 4.92. The third-order valence-corrected chi connectivity index (χ3v) is 6.93. The minimum atomic E-state index is -0.174.